The van der Waals surface area contributed by atoms with E-state index in [0.29, 0.717) is 40.5 Å². The number of nitrogens with one attached hydrogen (secondary N) is 2. The maximum Gasteiger partial charge on any atom is 0.306 e. The van der Waals surface area contributed by atoms with Gasteiger partial charge in [0.25, 0.3) is 5.56 Å². The first-order valence-corrected chi connectivity index (χ1v) is 12.2. The van der Waals surface area contributed by atoms with Crippen LogP contribution in [0.25, 0.3) is 0 Å². The van der Waals surface area contributed by atoms with Crippen LogP contribution >= 0.6 is 0 Å². The minimum atomic E-state index is -0.658. The number of aromatic amines is 2. The number of carbonyl (C=O) groups excluding carboxylic acids is 1. The van der Waals surface area contributed by atoms with Crippen LogP contribution in [0, 0.1) is 0 Å². The Morgan fingerprint density at radius 2 is 1.70 bits per heavy atom. The molecule has 4 rings (SSSR count). The van der Waals surface area contributed by atoms with Gasteiger partial charge in [-0.25, -0.2) is 0 Å². The summed E-state index contributed by atoms with van der Waals surface area (Å²) in [5.74, 6) is 1.17. The molecule has 1 aliphatic rings. The lowest BCUT2D eigenvalue weighted by atomic mass is 9.86. The molecule has 3 aromatic rings. The highest BCUT2D eigenvalue weighted by atomic mass is 16.5. The van der Waals surface area contributed by atoms with Gasteiger partial charge in [-0.3, -0.25) is 14.7 Å². The molecule has 1 aliphatic heterocycles. The van der Waals surface area contributed by atoms with E-state index in [1.807, 2.05) is 12.1 Å². The SMILES string of the molecule is COC(=O)C[C@H](c1cc(OC)c(OC)cc1OC)c1c(Cc2ccc3c(c2)CCC(C)(C)O3)[nH][nH]c1=O. The Morgan fingerprint density at radius 3 is 2.38 bits per heavy atom. The number of hydrogen-bond acceptors (Lipinski definition) is 7. The molecule has 0 fully saturated rings. The Hall–Kier alpha value is -3.88. The Morgan fingerprint density at radius 1 is 1.00 bits per heavy atom. The number of carbonyl (C=O) groups is 1. The van der Waals surface area contributed by atoms with Gasteiger partial charge in [0.05, 0.1) is 34.9 Å². The van der Waals surface area contributed by atoms with Crippen LogP contribution in [0.5, 0.6) is 23.0 Å². The highest BCUT2D eigenvalue weighted by Gasteiger charge is 2.30. The quantitative estimate of drug-likeness (QED) is 0.417. The van der Waals surface area contributed by atoms with Gasteiger partial charge in [-0.2, -0.15) is 0 Å². The van der Waals surface area contributed by atoms with Gasteiger partial charge in [0.2, 0.25) is 0 Å². The molecule has 198 valence electrons. The molecule has 1 aromatic heterocycles. The van der Waals surface area contributed by atoms with Crippen LogP contribution in [0.4, 0.5) is 0 Å². The fraction of sp³-hybridized carbons (Fsp3) is 0.429. The van der Waals surface area contributed by atoms with Gasteiger partial charge in [0.1, 0.15) is 17.1 Å². The standard InChI is InChI=1S/C28H34N2O7/c1-28(2)10-9-17-11-16(7-8-21(17)37-28)12-20-26(27(32)30-29-20)19(14-25(31)36-6)18-13-23(34-4)24(35-5)15-22(18)33-3/h7-8,11,13,15,19H,9-10,12,14H2,1-6H3,(H2,29,30,32)/t19-/m1/s1. The number of benzene rings is 2. The Kier molecular flexibility index (Phi) is 7.52. The fourth-order valence-electron chi connectivity index (χ4n) is 4.88. The van der Waals surface area contributed by atoms with Gasteiger partial charge in [0, 0.05) is 35.2 Å². The number of methoxy groups -OCH3 is 4. The summed E-state index contributed by atoms with van der Waals surface area (Å²) in [4.78, 5) is 25.6. The molecule has 9 nitrogen and oxygen atoms in total. The molecule has 0 unspecified atom stereocenters. The summed E-state index contributed by atoms with van der Waals surface area (Å²) in [7, 11) is 5.91. The number of ether oxygens (including phenoxy) is 5. The molecule has 2 heterocycles. The van der Waals surface area contributed by atoms with E-state index < -0.39 is 11.9 Å². The van der Waals surface area contributed by atoms with E-state index in [9.17, 15) is 9.59 Å². The second kappa shape index (κ2) is 10.6. The molecule has 0 bridgehead atoms. The van der Waals surface area contributed by atoms with Crippen LogP contribution in [-0.4, -0.2) is 50.2 Å². The van der Waals surface area contributed by atoms with Gasteiger partial charge in [-0.05, 0) is 49.9 Å². The van der Waals surface area contributed by atoms with Crippen molar-refractivity contribution < 1.29 is 28.5 Å². The van der Waals surface area contributed by atoms with Crippen LogP contribution in [0.15, 0.2) is 35.1 Å². The van der Waals surface area contributed by atoms with Crippen molar-refractivity contribution in [1.82, 2.24) is 10.2 Å². The molecular weight excluding hydrogens is 476 g/mol. The Bertz CT molecular complexity index is 1340. The van der Waals surface area contributed by atoms with Crippen LogP contribution in [0.2, 0.25) is 0 Å². The minimum Gasteiger partial charge on any atom is -0.496 e. The van der Waals surface area contributed by atoms with Crippen molar-refractivity contribution in [1.29, 1.82) is 0 Å². The molecule has 2 aromatic carbocycles. The van der Waals surface area contributed by atoms with Gasteiger partial charge >= 0.3 is 5.97 Å². The molecule has 0 spiro atoms. The van der Waals surface area contributed by atoms with Crippen molar-refractivity contribution in [2.45, 2.75) is 51.0 Å². The van der Waals surface area contributed by atoms with E-state index in [1.54, 1.807) is 12.1 Å². The second-order valence-electron chi connectivity index (χ2n) is 9.73. The van der Waals surface area contributed by atoms with Crippen LogP contribution in [0.3, 0.4) is 0 Å². The van der Waals surface area contributed by atoms with Crippen LogP contribution in [-0.2, 0) is 22.4 Å². The first kappa shape index (κ1) is 26.2. The molecule has 9 heteroatoms. The van der Waals surface area contributed by atoms with E-state index in [0.717, 1.165) is 29.7 Å². The monoisotopic (exact) mass is 510 g/mol. The lowest BCUT2D eigenvalue weighted by molar-refractivity contribution is -0.140. The zero-order chi connectivity index (χ0) is 26.7. The zero-order valence-corrected chi connectivity index (χ0v) is 22.2. The molecule has 0 radical (unpaired) electrons. The van der Waals surface area contributed by atoms with Crippen molar-refractivity contribution in [3.8, 4) is 23.0 Å². The first-order chi connectivity index (χ1) is 17.7. The number of aromatic nitrogens is 2. The molecule has 0 saturated heterocycles. The zero-order valence-electron chi connectivity index (χ0n) is 22.2. The third-order valence-electron chi connectivity index (χ3n) is 6.84. The first-order valence-electron chi connectivity index (χ1n) is 12.2. The summed E-state index contributed by atoms with van der Waals surface area (Å²) in [6.45, 7) is 4.18. The van der Waals surface area contributed by atoms with Gasteiger partial charge in [0.15, 0.2) is 11.5 Å². The lowest BCUT2D eigenvalue weighted by Gasteiger charge is -2.32. The number of H-pyrrole nitrogens is 2. The van der Waals surface area contributed by atoms with E-state index in [1.165, 1.54) is 28.4 Å². The molecule has 0 saturated carbocycles. The molecule has 1 atom stereocenters. The summed E-state index contributed by atoms with van der Waals surface area (Å²) in [5, 5.41) is 5.73. The van der Waals surface area contributed by atoms with Crippen molar-refractivity contribution in [3.05, 3.63) is 68.6 Å². The molecule has 0 amide bonds. The van der Waals surface area contributed by atoms with E-state index in [2.05, 4.69) is 30.1 Å². The number of rotatable bonds is 9. The highest BCUT2D eigenvalue weighted by Crippen LogP contribution is 2.42. The van der Waals surface area contributed by atoms with Crippen molar-refractivity contribution >= 4 is 5.97 Å². The van der Waals surface area contributed by atoms with Gasteiger partial charge in [-0.15, -0.1) is 0 Å². The predicted octanol–water partition coefficient (Wildman–Crippen LogP) is 4.12. The molecule has 37 heavy (non-hydrogen) atoms. The third kappa shape index (κ3) is 5.45. The maximum atomic E-state index is 13.1. The minimum absolute atomic E-state index is 0.0661. The molecule has 2 N–H and O–H groups in total. The summed E-state index contributed by atoms with van der Waals surface area (Å²) < 4.78 is 27.6. The van der Waals surface area contributed by atoms with Crippen molar-refractivity contribution in [2.75, 3.05) is 28.4 Å². The third-order valence-corrected chi connectivity index (χ3v) is 6.84. The Balaban J connectivity index is 1.77. The smallest absolute Gasteiger partial charge is 0.306 e. The highest BCUT2D eigenvalue weighted by molar-refractivity contribution is 5.72. The summed E-state index contributed by atoms with van der Waals surface area (Å²) >= 11 is 0. The van der Waals surface area contributed by atoms with E-state index >= 15 is 0 Å². The number of aryl methyl sites for hydroxylation is 1. The average Bonchev–Trinajstić information content (AvgIpc) is 3.25. The Labute approximate surface area is 216 Å². The normalized spacial score (nSPS) is 14.8. The topological polar surface area (TPSA) is 112 Å². The molecular formula is C28H34N2O7. The van der Waals surface area contributed by atoms with Crippen molar-refractivity contribution in [3.63, 3.8) is 0 Å². The number of hydrogen-bond donors (Lipinski definition) is 2. The van der Waals surface area contributed by atoms with E-state index in [4.69, 9.17) is 23.7 Å². The number of esters is 1. The summed E-state index contributed by atoms with van der Waals surface area (Å²) in [6, 6.07) is 9.52. The second-order valence-corrected chi connectivity index (χ2v) is 9.73. The number of fused-ring (bicyclic) bond motifs is 1. The van der Waals surface area contributed by atoms with Crippen molar-refractivity contribution in [2.24, 2.45) is 0 Å². The largest absolute Gasteiger partial charge is 0.496 e. The van der Waals surface area contributed by atoms with Crippen LogP contribution < -0.4 is 24.5 Å². The van der Waals surface area contributed by atoms with E-state index in [-0.39, 0.29) is 17.6 Å². The maximum absolute atomic E-state index is 13.1. The summed E-state index contributed by atoms with van der Waals surface area (Å²) in [5.41, 5.74) is 3.38. The predicted molar refractivity (Wildman–Crippen MR) is 138 cm³/mol. The van der Waals surface area contributed by atoms with Crippen LogP contribution in [0.1, 0.15) is 60.6 Å². The van der Waals surface area contributed by atoms with Gasteiger partial charge < -0.3 is 28.8 Å². The fourth-order valence-corrected chi connectivity index (χ4v) is 4.88. The average molecular weight is 511 g/mol. The molecule has 0 aliphatic carbocycles. The lowest BCUT2D eigenvalue weighted by Crippen LogP contribution is -2.32. The summed E-state index contributed by atoms with van der Waals surface area (Å²) in [6.07, 6.45) is 2.23. The van der Waals surface area contributed by atoms with Gasteiger partial charge in [-0.1, -0.05) is 12.1 Å².